The highest BCUT2D eigenvalue weighted by atomic mass is 32.2. The smallest absolute Gasteiger partial charge is 0.329 e. The van der Waals surface area contributed by atoms with Crippen LogP contribution in [-0.4, -0.2) is 94.3 Å². The van der Waals surface area contributed by atoms with Crippen molar-refractivity contribution in [3.8, 4) is 5.75 Å². The van der Waals surface area contributed by atoms with Crippen molar-refractivity contribution in [3.63, 3.8) is 0 Å². The molecule has 0 saturated heterocycles. The van der Waals surface area contributed by atoms with Gasteiger partial charge in [-0.2, -0.15) is 0 Å². The number of nitrogens with one attached hydrogen (secondary N) is 3. The van der Waals surface area contributed by atoms with Crippen LogP contribution in [0.1, 0.15) is 106 Å². The Hall–Kier alpha value is -3.24. The molecule has 0 unspecified atom stereocenters. The molecule has 0 spiro atoms. The monoisotopic (exact) mass is 787 g/mol. The molecule has 1 aromatic carbocycles. The van der Waals surface area contributed by atoms with E-state index in [-0.39, 0.29) is 25.8 Å². The van der Waals surface area contributed by atoms with Crippen LogP contribution in [0.25, 0.3) is 0 Å². The van der Waals surface area contributed by atoms with E-state index in [2.05, 4.69) is 15.4 Å². The third-order valence-corrected chi connectivity index (χ3v) is 9.87. The van der Waals surface area contributed by atoms with Crippen molar-refractivity contribution < 1.29 is 50.2 Å². The summed E-state index contributed by atoms with van der Waals surface area (Å²) in [6, 6.07) is 4.74. The number of sulfone groups is 1. The van der Waals surface area contributed by atoms with E-state index < -0.39 is 89.6 Å². The fourth-order valence-corrected chi connectivity index (χ4v) is 7.42. The highest BCUT2D eigenvalue weighted by molar-refractivity contribution is 7.90. The summed E-state index contributed by atoms with van der Waals surface area (Å²) in [7, 11) is -7.45. The number of esters is 2. The van der Waals surface area contributed by atoms with Crippen LogP contribution in [0, 0.1) is 11.3 Å². The summed E-state index contributed by atoms with van der Waals surface area (Å²) >= 11 is 0. The highest BCUT2D eigenvalue weighted by Gasteiger charge is 2.46. The first-order valence-electron chi connectivity index (χ1n) is 17.9. The maximum absolute atomic E-state index is 14.4. The van der Waals surface area contributed by atoms with Crippen LogP contribution in [0.2, 0.25) is 0 Å². The quantitative estimate of drug-likeness (QED) is 0.195. The number of amides is 2. The van der Waals surface area contributed by atoms with Gasteiger partial charge in [-0.3, -0.25) is 14.4 Å². The third-order valence-electron chi connectivity index (χ3n) is 8.18. The molecule has 0 bridgehead atoms. The van der Waals surface area contributed by atoms with Gasteiger partial charge in [-0.1, -0.05) is 25.0 Å². The van der Waals surface area contributed by atoms with Crippen molar-refractivity contribution in [1.82, 2.24) is 15.4 Å². The van der Waals surface area contributed by atoms with Crippen LogP contribution < -0.4 is 20.1 Å². The van der Waals surface area contributed by atoms with E-state index in [0.717, 1.165) is 18.1 Å². The van der Waals surface area contributed by atoms with E-state index in [9.17, 15) is 36.0 Å². The van der Waals surface area contributed by atoms with Gasteiger partial charge in [-0.15, -0.1) is 0 Å². The highest BCUT2D eigenvalue weighted by Crippen LogP contribution is 2.44. The van der Waals surface area contributed by atoms with E-state index in [1.165, 1.54) is 0 Å². The minimum atomic E-state index is -3.91. The Morgan fingerprint density at radius 3 is 1.77 bits per heavy atom. The SMILES string of the molecule is CC(C)(C)OC(=O)[C@H](CNC(=O)[C@H](CCS(C)(=O)=O)NS(C)(=O)=O)CC1(C(=O)N[C@@H](Cc2ccc(OC(C)(C)C)cc2)C(=O)OC(C)(C)C)CCCC1. The summed E-state index contributed by atoms with van der Waals surface area (Å²) in [5, 5.41) is 5.53. The Bertz CT molecular complexity index is 1650. The number of sulfonamides is 1. The predicted molar refractivity (Wildman–Crippen MR) is 202 cm³/mol. The molecule has 16 heteroatoms. The van der Waals surface area contributed by atoms with Crippen LogP contribution in [0.5, 0.6) is 5.75 Å². The zero-order valence-corrected chi connectivity index (χ0v) is 34.8. The van der Waals surface area contributed by atoms with Crippen LogP contribution >= 0.6 is 0 Å². The van der Waals surface area contributed by atoms with Crippen LogP contribution in [0.3, 0.4) is 0 Å². The van der Waals surface area contributed by atoms with Gasteiger partial charge in [0.05, 0.1) is 23.3 Å². The molecule has 0 heterocycles. The summed E-state index contributed by atoms with van der Waals surface area (Å²) in [5.74, 6) is -3.43. The van der Waals surface area contributed by atoms with E-state index in [1.54, 1.807) is 53.7 Å². The lowest BCUT2D eigenvalue weighted by molar-refractivity contribution is -0.163. The molecule has 1 fully saturated rings. The lowest BCUT2D eigenvalue weighted by Crippen LogP contribution is -2.52. The third kappa shape index (κ3) is 17.6. The summed E-state index contributed by atoms with van der Waals surface area (Å²) in [4.78, 5) is 54.8. The maximum atomic E-state index is 14.4. The van der Waals surface area contributed by atoms with Gasteiger partial charge in [0.15, 0.2) is 0 Å². The normalized spacial score (nSPS) is 16.9. The molecule has 1 saturated carbocycles. The minimum absolute atomic E-state index is 0.0403. The van der Waals surface area contributed by atoms with E-state index >= 15 is 0 Å². The zero-order valence-electron chi connectivity index (χ0n) is 33.2. The predicted octanol–water partition coefficient (Wildman–Crippen LogP) is 3.61. The van der Waals surface area contributed by atoms with Gasteiger partial charge in [0.1, 0.15) is 44.5 Å². The molecule has 302 valence electrons. The molecule has 53 heavy (non-hydrogen) atoms. The van der Waals surface area contributed by atoms with Crippen molar-refractivity contribution in [2.24, 2.45) is 11.3 Å². The van der Waals surface area contributed by atoms with Crippen molar-refractivity contribution in [3.05, 3.63) is 29.8 Å². The second-order valence-corrected chi connectivity index (χ2v) is 21.2. The van der Waals surface area contributed by atoms with Gasteiger partial charge in [-0.05, 0) is 106 Å². The van der Waals surface area contributed by atoms with Crippen molar-refractivity contribution >= 4 is 43.6 Å². The molecular formula is C37H61N3O11S2. The van der Waals surface area contributed by atoms with Gasteiger partial charge < -0.3 is 24.8 Å². The van der Waals surface area contributed by atoms with Crippen LogP contribution in [0.4, 0.5) is 0 Å². The number of hydrogen-bond donors (Lipinski definition) is 3. The average Bonchev–Trinajstić information content (AvgIpc) is 3.44. The zero-order chi connectivity index (χ0) is 40.6. The number of benzene rings is 1. The lowest BCUT2D eigenvalue weighted by Gasteiger charge is -2.34. The number of carbonyl (C=O) groups is 4. The molecule has 3 atom stereocenters. The largest absolute Gasteiger partial charge is 0.488 e. The average molecular weight is 788 g/mol. The molecule has 2 amide bonds. The van der Waals surface area contributed by atoms with Gasteiger partial charge >= 0.3 is 11.9 Å². The van der Waals surface area contributed by atoms with Crippen molar-refractivity contribution in [2.45, 2.75) is 136 Å². The van der Waals surface area contributed by atoms with Crippen LogP contribution in [0.15, 0.2) is 24.3 Å². The molecule has 0 aliphatic heterocycles. The molecule has 0 aromatic heterocycles. The van der Waals surface area contributed by atoms with Gasteiger partial charge in [-0.25, -0.2) is 26.4 Å². The fraction of sp³-hybridized carbons (Fsp3) is 0.730. The molecule has 3 N–H and O–H groups in total. The topological polar surface area (TPSA) is 200 Å². The second kappa shape index (κ2) is 17.9. The van der Waals surface area contributed by atoms with Gasteiger partial charge in [0.2, 0.25) is 21.8 Å². The summed E-state index contributed by atoms with van der Waals surface area (Å²) in [5.41, 5.74) is -2.50. The first-order chi connectivity index (χ1) is 24.0. The first kappa shape index (κ1) is 45.9. The molecule has 1 aliphatic carbocycles. The van der Waals surface area contributed by atoms with Crippen molar-refractivity contribution in [1.29, 1.82) is 0 Å². The van der Waals surface area contributed by atoms with E-state index in [4.69, 9.17) is 14.2 Å². The first-order valence-corrected chi connectivity index (χ1v) is 21.9. The van der Waals surface area contributed by atoms with Crippen molar-refractivity contribution in [2.75, 3.05) is 24.8 Å². The van der Waals surface area contributed by atoms with Gasteiger partial charge in [0.25, 0.3) is 0 Å². The Labute approximate surface area is 316 Å². The Morgan fingerprint density at radius 2 is 1.30 bits per heavy atom. The molecule has 0 radical (unpaired) electrons. The summed E-state index contributed by atoms with van der Waals surface area (Å²) < 4.78 is 67.1. The maximum Gasteiger partial charge on any atom is 0.329 e. The van der Waals surface area contributed by atoms with Crippen LogP contribution in [-0.2, 0) is 54.9 Å². The summed E-state index contributed by atoms with van der Waals surface area (Å²) in [6.45, 7) is 15.7. The standard InChI is InChI=1S/C37H61N3O11S2/c1-34(2,3)49-27-16-14-25(15-17-27)22-29(32(43)51-36(7,8)9)39-33(44)37(19-12-13-20-37)23-26(31(42)50-35(4,5)6)24-38-30(41)28(40-53(11,47)48)18-21-52(10,45)46/h14-17,26,28-29,40H,12-13,18-24H2,1-11H3,(H,38,41)(H,39,44)/t26-,28-,29-/m0/s1. The van der Waals surface area contributed by atoms with E-state index in [1.807, 2.05) is 32.9 Å². The molecular weight excluding hydrogens is 727 g/mol. The molecule has 1 aromatic rings. The molecule has 2 rings (SSSR count). The van der Waals surface area contributed by atoms with Gasteiger partial charge in [0, 0.05) is 19.2 Å². The Kier molecular flexibility index (Phi) is 15.5. The second-order valence-electron chi connectivity index (χ2n) is 17.2. The number of hydrogen-bond acceptors (Lipinski definition) is 11. The van der Waals surface area contributed by atoms with E-state index in [0.29, 0.717) is 31.4 Å². The molecule has 1 aliphatic rings. The number of ether oxygens (including phenoxy) is 3. The number of rotatable bonds is 17. The lowest BCUT2D eigenvalue weighted by atomic mass is 9.76. The Morgan fingerprint density at radius 1 is 0.774 bits per heavy atom. The fourth-order valence-electron chi connectivity index (χ4n) is 6.01. The molecule has 14 nitrogen and oxygen atoms in total. The minimum Gasteiger partial charge on any atom is -0.488 e. The Balaban J connectivity index is 2.41. The number of carbonyl (C=O) groups excluding carboxylic acids is 4. The summed E-state index contributed by atoms with van der Waals surface area (Å²) in [6.07, 6.45) is 3.73.